The van der Waals surface area contributed by atoms with E-state index >= 15 is 0 Å². The third-order valence-electron chi connectivity index (χ3n) is 5.84. The van der Waals surface area contributed by atoms with E-state index in [0.29, 0.717) is 16.3 Å². The maximum atomic E-state index is 13.2. The van der Waals surface area contributed by atoms with E-state index in [9.17, 15) is 9.59 Å². The number of thioether (sulfide) groups is 1. The fourth-order valence-electron chi connectivity index (χ4n) is 4.13. The number of nitrogens with zero attached hydrogens (tertiary/aromatic N) is 3. The molecule has 8 heteroatoms. The Hall–Kier alpha value is -3.03. The molecule has 2 heterocycles. The largest absolute Gasteiger partial charge is 0.349 e. The summed E-state index contributed by atoms with van der Waals surface area (Å²) >= 11 is 7.61. The van der Waals surface area contributed by atoms with Gasteiger partial charge >= 0.3 is 0 Å². The lowest BCUT2D eigenvalue weighted by Crippen LogP contribution is -2.40. The van der Waals surface area contributed by atoms with Crippen LogP contribution in [0.4, 0.5) is 0 Å². The summed E-state index contributed by atoms with van der Waals surface area (Å²) in [4.78, 5) is 34.5. The van der Waals surface area contributed by atoms with Crippen LogP contribution in [0, 0.1) is 0 Å². The zero-order valence-corrected chi connectivity index (χ0v) is 21.2. The Morgan fingerprint density at radius 2 is 1.82 bits per heavy atom. The zero-order chi connectivity index (χ0) is 24.4. The third-order valence-corrected chi connectivity index (χ3v) is 6.98. The first-order chi connectivity index (χ1) is 16.3. The second-order valence-electron chi connectivity index (χ2n) is 8.52. The Morgan fingerprint density at radius 1 is 1.15 bits per heavy atom. The molecule has 34 heavy (non-hydrogen) atoms. The summed E-state index contributed by atoms with van der Waals surface area (Å²) in [6.45, 7) is 3.83. The number of aliphatic imine (C=N–C) groups is 1. The van der Waals surface area contributed by atoms with Crippen LogP contribution in [0.2, 0.25) is 5.02 Å². The monoisotopic (exact) mass is 494 g/mol. The van der Waals surface area contributed by atoms with Crippen molar-refractivity contribution in [2.45, 2.75) is 32.4 Å². The number of hydrogen-bond donors (Lipinski definition) is 1. The highest BCUT2D eigenvalue weighted by Gasteiger charge is 2.40. The van der Waals surface area contributed by atoms with Crippen LogP contribution in [-0.2, 0) is 9.59 Å². The van der Waals surface area contributed by atoms with Crippen LogP contribution in [0.15, 0.2) is 82.0 Å². The number of halogens is 1. The van der Waals surface area contributed by atoms with Crippen LogP contribution in [0.5, 0.6) is 0 Å². The Labute approximate surface area is 209 Å². The Balaban J connectivity index is 1.63. The van der Waals surface area contributed by atoms with Crippen LogP contribution in [0.1, 0.15) is 43.5 Å². The summed E-state index contributed by atoms with van der Waals surface area (Å²) in [7, 11) is 3.46. The van der Waals surface area contributed by atoms with E-state index in [0.717, 1.165) is 22.0 Å². The molecular weight excluding hydrogens is 468 g/mol. The molecule has 0 aromatic heterocycles. The van der Waals surface area contributed by atoms with Gasteiger partial charge in [-0.05, 0) is 42.5 Å². The first-order valence-corrected chi connectivity index (χ1v) is 12.3. The van der Waals surface area contributed by atoms with Gasteiger partial charge in [0.25, 0.3) is 5.91 Å². The molecule has 2 aromatic rings. The van der Waals surface area contributed by atoms with Gasteiger partial charge in [-0.1, -0.05) is 65.8 Å². The number of amidine groups is 1. The van der Waals surface area contributed by atoms with E-state index in [4.69, 9.17) is 16.6 Å². The van der Waals surface area contributed by atoms with Crippen LogP contribution < -0.4 is 5.32 Å². The number of nitrogens with one attached hydrogen (secondary N) is 1. The number of rotatable bonds is 6. The summed E-state index contributed by atoms with van der Waals surface area (Å²) in [5.74, 6) is -0.204. The first kappa shape index (κ1) is 24.1. The minimum Gasteiger partial charge on any atom is -0.349 e. The molecule has 0 spiro atoms. The molecule has 0 saturated carbocycles. The molecule has 2 aromatic carbocycles. The lowest BCUT2D eigenvalue weighted by Gasteiger charge is -2.37. The lowest BCUT2D eigenvalue weighted by atomic mass is 9.93. The van der Waals surface area contributed by atoms with Crippen molar-refractivity contribution >= 4 is 40.3 Å². The number of hydrogen-bond acceptors (Lipinski definition) is 5. The summed E-state index contributed by atoms with van der Waals surface area (Å²) in [6.07, 6.45) is 0.176. The number of benzene rings is 2. The van der Waals surface area contributed by atoms with Gasteiger partial charge in [-0.25, -0.2) is 4.99 Å². The molecule has 4 rings (SSSR count). The van der Waals surface area contributed by atoms with E-state index in [1.807, 2.05) is 78.8 Å². The van der Waals surface area contributed by atoms with Crippen molar-refractivity contribution < 1.29 is 9.59 Å². The van der Waals surface area contributed by atoms with Gasteiger partial charge in [-0.15, -0.1) is 0 Å². The van der Waals surface area contributed by atoms with Gasteiger partial charge in [-0.3, -0.25) is 9.59 Å². The minimum absolute atomic E-state index is 0.0916. The number of amides is 2. The molecule has 0 aliphatic carbocycles. The number of fused-ring (bicyclic) bond motifs is 1. The van der Waals surface area contributed by atoms with Crippen molar-refractivity contribution in [2.24, 2.45) is 4.99 Å². The topological polar surface area (TPSA) is 65.0 Å². The highest BCUT2D eigenvalue weighted by molar-refractivity contribution is 8.16. The van der Waals surface area contributed by atoms with Crippen molar-refractivity contribution in [3.8, 4) is 0 Å². The van der Waals surface area contributed by atoms with Crippen molar-refractivity contribution in [2.75, 3.05) is 14.1 Å². The Morgan fingerprint density at radius 3 is 2.47 bits per heavy atom. The summed E-state index contributed by atoms with van der Waals surface area (Å²) in [6, 6.07) is 16.8. The van der Waals surface area contributed by atoms with Gasteiger partial charge in [0.15, 0.2) is 5.17 Å². The lowest BCUT2D eigenvalue weighted by molar-refractivity contribution is -0.125. The van der Waals surface area contributed by atoms with Crippen LogP contribution in [0.3, 0.4) is 0 Å². The van der Waals surface area contributed by atoms with Crippen LogP contribution >= 0.6 is 23.4 Å². The molecule has 2 amide bonds. The smallest absolute Gasteiger partial charge is 0.253 e. The Bertz CT molecular complexity index is 1190. The van der Waals surface area contributed by atoms with E-state index in [1.54, 1.807) is 19.0 Å². The fourth-order valence-corrected chi connectivity index (χ4v) is 5.22. The molecule has 0 bridgehead atoms. The molecule has 0 saturated heterocycles. The van der Waals surface area contributed by atoms with Crippen molar-refractivity contribution in [3.63, 3.8) is 0 Å². The van der Waals surface area contributed by atoms with Gasteiger partial charge in [0.2, 0.25) is 5.91 Å². The molecule has 2 atom stereocenters. The minimum atomic E-state index is -0.403. The molecule has 2 aliphatic rings. The highest BCUT2D eigenvalue weighted by atomic mass is 35.5. The molecule has 1 N–H and O–H groups in total. The van der Waals surface area contributed by atoms with Gasteiger partial charge in [0.1, 0.15) is 0 Å². The molecular formula is C26H27ClN4O2S. The highest BCUT2D eigenvalue weighted by Crippen LogP contribution is 2.45. The van der Waals surface area contributed by atoms with Crippen molar-refractivity contribution in [1.29, 1.82) is 0 Å². The standard InChI is InChI=1S/C26H27ClN4O2S/c1-16(18-8-6-5-7-9-18)28-22(32)14-21-15-34-26-29-17(2)23(25(33)30(3)4)24(31(21)26)19-10-12-20(27)13-11-19/h5-13,15-16,24H,14H2,1-4H3,(H,28,32). The van der Waals surface area contributed by atoms with E-state index < -0.39 is 6.04 Å². The molecule has 0 fully saturated rings. The number of carbonyl (C=O) groups excluding carboxylic acids is 2. The predicted octanol–water partition coefficient (Wildman–Crippen LogP) is 5.27. The fraction of sp³-hybridized carbons (Fsp3) is 0.269. The van der Waals surface area contributed by atoms with E-state index in [-0.39, 0.29) is 24.3 Å². The third kappa shape index (κ3) is 4.91. The summed E-state index contributed by atoms with van der Waals surface area (Å²) in [5, 5.41) is 6.41. The van der Waals surface area contributed by atoms with Crippen LogP contribution in [-0.4, -0.2) is 40.9 Å². The quantitative estimate of drug-likeness (QED) is 0.594. The average molecular weight is 495 g/mol. The molecule has 6 nitrogen and oxygen atoms in total. The van der Waals surface area contributed by atoms with Crippen LogP contribution in [0.25, 0.3) is 0 Å². The van der Waals surface area contributed by atoms with Crippen molar-refractivity contribution in [3.05, 3.63) is 93.1 Å². The van der Waals surface area contributed by atoms with E-state index in [1.165, 1.54) is 11.8 Å². The van der Waals surface area contributed by atoms with Gasteiger partial charge < -0.3 is 15.1 Å². The normalized spacial score (nSPS) is 18.1. The second kappa shape index (κ2) is 10.1. The Kier molecular flexibility index (Phi) is 7.14. The SMILES string of the molecule is CC1=C(C(=O)N(C)C)C(c2ccc(Cl)cc2)N2C(CC(=O)NC(C)c3ccccc3)=CSC2=N1. The zero-order valence-electron chi connectivity index (χ0n) is 19.6. The average Bonchev–Trinajstić information content (AvgIpc) is 3.20. The number of carbonyl (C=O) groups is 2. The maximum Gasteiger partial charge on any atom is 0.253 e. The van der Waals surface area contributed by atoms with Crippen molar-refractivity contribution in [1.82, 2.24) is 15.1 Å². The summed E-state index contributed by atoms with van der Waals surface area (Å²) in [5.41, 5.74) is 4.02. The van der Waals surface area contributed by atoms with Gasteiger partial charge in [-0.2, -0.15) is 0 Å². The predicted molar refractivity (Wildman–Crippen MR) is 138 cm³/mol. The number of allylic oxidation sites excluding steroid dienone is 1. The van der Waals surface area contributed by atoms with E-state index in [2.05, 4.69) is 5.32 Å². The van der Waals surface area contributed by atoms with Gasteiger partial charge in [0, 0.05) is 24.8 Å². The van der Waals surface area contributed by atoms with Gasteiger partial charge in [0.05, 0.1) is 29.8 Å². The molecule has 176 valence electrons. The molecule has 0 radical (unpaired) electrons. The summed E-state index contributed by atoms with van der Waals surface area (Å²) < 4.78 is 0. The number of likely N-dealkylation sites (N-methyl/N-ethyl adjacent to an activating group) is 1. The maximum absolute atomic E-state index is 13.2. The first-order valence-electron chi connectivity index (χ1n) is 11.0. The molecule has 2 aliphatic heterocycles. The molecule has 2 unspecified atom stereocenters. The second-order valence-corrected chi connectivity index (χ2v) is 9.79.